The molecule has 3 atom stereocenters. The Morgan fingerprint density at radius 1 is 1.17 bits per heavy atom. The molecule has 1 fully saturated rings. The van der Waals surface area contributed by atoms with E-state index in [-0.39, 0.29) is 18.0 Å². The number of anilines is 1. The van der Waals surface area contributed by atoms with Gasteiger partial charge in [0.15, 0.2) is 0 Å². The number of nitrogens with zero attached hydrogens (tertiary/aromatic N) is 1. The van der Waals surface area contributed by atoms with Gasteiger partial charge in [0.1, 0.15) is 11.4 Å². The number of para-hydroxylation sites is 1. The molecule has 0 saturated heterocycles. The van der Waals surface area contributed by atoms with Crippen molar-refractivity contribution in [1.29, 1.82) is 0 Å². The van der Waals surface area contributed by atoms with Crippen LogP contribution in [-0.2, 0) is 10.4 Å². The van der Waals surface area contributed by atoms with Crippen molar-refractivity contribution < 1.29 is 9.90 Å². The zero-order valence-corrected chi connectivity index (χ0v) is 17.9. The number of fused-ring (bicyclic) bond motifs is 1. The SMILES string of the molecule is CC(=O)N[C@@H]1CC[C@@H](Nc2cc(C)c3ccccc3n2)C[C@@]1(O)c1cccc(Cl)c1. The molecule has 2 aromatic carbocycles. The zero-order chi connectivity index (χ0) is 21.3. The van der Waals surface area contributed by atoms with Crippen LogP contribution < -0.4 is 10.6 Å². The van der Waals surface area contributed by atoms with Gasteiger partial charge in [-0.25, -0.2) is 4.98 Å². The number of carbonyl (C=O) groups excluding carboxylic acids is 1. The summed E-state index contributed by atoms with van der Waals surface area (Å²) in [5, 5.41) is 19.9. The van der Waals surface area contributed by atoms with Gasteiger partial charge in [-0.15, -0.1) is 0 Å². The molecule has 3 aromatic rings. The second kappa shape index (κ2) is 8.25. The molecule has 156 valence electrons. The van der Waals surface area contributed by atoms with E-state index in [1.165, 1.54) is 6.92 Å². The summed E-state index contributed by atoms with van der Waals surface area (Å²) < 4.78 is 0. The maximum atomic E-state index is 11.8. The third-order valence-corrected chi connectivity index (χ3v) is 6.15. The van der Waals surface area contributed by atoms with Crippen LogP contribution in [0.2, 0.25) is 5.02 Å². The van der Waals surface area contributed by atoms with Crippen molar-refractivity contribution in [3.63, 3.8) is 0 Å². The second-order valence-corrected chi connectivity index (χ2v) is 8.59. The van der Waals surface area contributed by atoms with Gasteiger partial charge in [-0.3, -0.25) is 4.79 Å². The molecule has 0 bridgehead atoms. The molecule has 1 aliphatic rings. The van der Waals surface area contributed by atoms with Gasteiger partial charge >= 0.3 is 0 Å². The third kappa shape index (κ3) is 4.13. The van der Waals surface area contributed by atoms with Crippen LogP contribution in [0.25, 0.3) is 10.9 Å². The van der Waals surface area contributed by atoms with E-state index < -0.39 is 5.60 Å². The highest BCUT2D eigenvalue weighted by Gasteiger charge is 2.44. The van der Waals surface area contributed by atoms with Crippen LogP contribution in [0, 0.1) is 6.92 Å². The molecule has 0 aliphatic heterocycles. The van der Waals surface area contributed by atoms with E-state index in [2.05, 4.69) is 23.6 Å². The standard InChI is InChI=1S/C24H26ClN3O2/c1-15-12-23(28-21-9-4-3-8-20(15)21)27-19-10-11-22(26-16(2)29)24(30,14-19)17-6-5-7-18(25)13-17/h3-9,12-13,19,22,30H,10-11,14H2,1-2H3,(H,26,29)(H,27,28)/t19-,22-,24-/m1/s1. The van der Waals surface area contributed by atoms with Gasteiger partial charge < -0.3 is 15.7 Å². The Morgan fingerprint density at radius 3 is 2.73 bits per heavy atom. The molecule has 0 spiro atoms. The Hall–Kier alpha value is -2.63. The molecular formula is C24H26ClN3O2. The number of benzene rings is 2. The topological polar surface area (TPSA) is 74.2 Å². The minimum atomic E-state index is -1.22. The number of pyridine rings is 1. The summed E-state index contributed by atoms with van der Waals surface area (Å²) in [6, 6.07) is 17.0. The molecule has 1 saturated carbocycles. The Morgan fingerprint density at radius 2 is 1.97 bits per heavy atom. The lowest BCUT2D eigenvalue weighted by atomic mass is 9.73. The Bertz CT molecular complexity index is 1090. The monoisotopic (exact) mass is 423 g/mol. The molecule has 0 radical (unpaired) electrons. The van der Waals surface area contributed by atoms with E-state index >= 15 is 0 Å². The van der Waals surface area contributed by atoms with Crippen LogP contribution in [0.15, 0.2) is 54.6 Å². The lowest BCUT2D eigenvalue weighted by Crippen LogP contribution is -2.55. The van der Waals surface area contributed by atoms with Crippen molar-refractivity contribution in [3.8, 4) is 0 Å². The number of hydrogen-bond acceptors (Lipinski definition) is 4. The zero-order valence-electron chi connectivity index (χ0n) is 17.2. The van der Waals surface area contributed by atoms with Gasteiger partial charge in [0, 0.05) is 29.8 Å². The summed E-state index contributed by atoms with van der Waals surface area (Å²) in [5.74, 6) is 0.640. The first-order valence-electron chi connectivity index (χ1n) is 10.2. The quantitative estimate of drug-likeness (QED) is 0.575. The average molecular weight is 424 g/mol. The molecule has 30 heavy (non-hydrogen) atoms. The highest BCUT2D eigenvalue weighted by atomic mass is 35.5. The van der Waals surface area contributed by atoms with Crippen molar-refractivity contribution in [1.82, 2.24) is 10.3 Å². The first kappa shape index (κ1) is 20.6. The summed E-state index contributed by atoms with van der Waals surface area (Å²) in [6.07, 6.45) is 1.89. The normalized spacial score (nSPS) is 23.9. The first-order valence-corrected chi connectivity index (χ1v) is 10.6. The molecule has 5 nitrogen and oxygen atoms in total. The van der Waals surface area contributed by atoms with Gasteiger partial charge in [0.25, 0.3) is 0 Å². The maximum absolute atomic E-state index is 11.8. The maximum Gasteiger partial charge on any atom is 0.217 e. The van der Waals surface area contributed by atoms with Gasteiger partial charge in [-0.05, 0) is 55.2 Å². The molecule has 6 heteroatoms. The Balaban J connectivity index is 1.62. The minimum absolute atomic E-state index is 0.00653. The molecule has 1 aliphatic carbocycles. The molecule has 4 rings (SSSR count). The number of aliphatic hydroxyl groups is 1. The van der Waals surface area contributed by atoms with Gasteiger partial charge in [-0.2, -0.15) is 0 Å². The van der Waals surface area contributed by atoms with Crippen LogP contribution >= 0.6 is 11.6 Å². The summed E-state index contributed by atoms with van der Waals surface area (Å²) in [7, 11) is 0. The average Bonchev–Trinajstić information content (AvgIpc) is 2.70. The fourth-order valence-electron chi connectivity index (χ4n) is 4.50. The van der Waals surface area contributed by atoms with Gasteiger partial charge in [0.2, 0.25) is 5.91 Å². The summed E-state index contributed by atoms with van der Waals surface area (Å²) in [4.78, 5) is 16.5. The van der Waals surface area contributed by atoms with Crippen LogP contribution in [-0.4, -0.2) is 28.1 Å². The third-order valence-electron chi connectivity index (χ3n) is 5.91. The summed E-state index contributed by atoms with van der Waals surface area (Å²) in [5.41, 5.74) is 1.58. The van der Waals surface area contributed by atoms with Crippen LogP contribution in [0.4, 0.5) is 5.82 Å². The number of rotatable bonds is 4. The Kier molecular flexibility index (Phi) is 5.67. The van der Waals surface area contributed by atoms with Crippen LogP contribution in [0.5, 0.6) is 0 Å². The number of carbonyl (C=O) groups is 1. The molecular weight excluding hydrogens is 398 g/mol. The first-order chi connectivity index (χ1) is 14.3. The van der Waals surface area contributed by atoms with Crippen molar-refractivity contribution in [2.45, 2.75) is 50.8 Å². The number of aryl methyl sites for hydroxylation is 1. The van der Waals surface area contributed by atoms with E-state index in [1.54, 1.807) is 12.1 Å². The molecule has 0 unspecified atom stereocenters. The summed E-state index contributed by atoms with van der Waals surface area (Å²) in [6.45, 7) is 3.55. The van der Waals surface area contributed by atoms with E-state index in [1.807, 2.05) is 36.4 Å². The van der Waals surface area contributed by atoms with Crippen molar-refractivity contribution >= 4 is 34.2 Å². The molecule has 1 aromatic heterocycles. The lowest BCUT2D eigenvalue weighted by Gasteiger charge is -2.44. The van der Waals surface area contributed by atoms with Crippen LogP contribution in [0.1, 0.15) is 37.3 Å². The number of aromatic nitrogens is 1. The number of halogens is 1. The number of hydrogen-bond donors (Lipinski definition) is 3. The van der Waals surface area contributed by atoms with Crippen molar-refractivity contribution in [2.24, 2.45) is 0 Å². The molecule has 1 heterocycles. The predicted molar refractivity (Wildman–Crippen MR) is 121 cm³/mol. The van der Waals surface area contributed by atoms with Gasteiger partial charge in [-0.1, -0.05) is 41.9 Å². The van der Waals surface area contributed by atoms with Crippen LogP contribution in [0.3, 0.4) is 0 Å². The Labute approximate surface area is 181 Å². The fourth-order valence-corrected chi connectivity index (χ4v) is 4.69. The highest BCUT2D eigenvalue weighted by molar-refractivity contribution is 6.30. The molecule has 3 N–H and O–H groups in total. The van der Waals surface area contributed by atoms with E-state index in [0.717, 1.165) is 28.7 Å². The number of nitrogens with one attached hydrogen (secondary N) is 2. The van der Waals surface area contributed by atoms with Crippen molar-refractivity contribution in [2.75, 3.05) is 5.32 Å². The van der Waals surface area contributed by atoms with E-state index in [0.29, 0.717) is 23.4 Å². The summed E-state index contributed by atoms with van der Waals surface area (Å²) >= 11 is 6.19. The minimum Gasteiger partial charge on any atom is -0.383 e. The smallest absolute Gasteiger partial charge is 0.217 e. The predicted octanol–water partition coefficient (Wildman–Crippen LogP) is 4.55. The fraction of sp³-hybridized carbons (Fsp3) is 0.333. The van der Waals surface area contributed by atoms with Gasteiger partial charge in [0.05, 0.1) is 11.6 Å². The largest absolute Gasteiger partial charge is 0.383 e. The van der Waals surface area contributed by atoms with E-state index in [9.17, 15) is 9.90 Å². The second-order valence-electron chi connectivity index (χ2n) is 8.15. The number of amides is 1. The highest BCUT2D eigenvalue weighted by Crippen LogP contribution is 2.39. The van der Waals surface area contributed by atoms with Crippen molar-refractivity contribution in [3.05, 3.63) is 70.7 Å². The molecule has 1 amide bonds. The lowest BCUT2D eigenvalue weighted by molar-refractivity contribution is -0.123. The van der Waals surface area contributed by atoms with E-state index in [4.69, 9.17) is 16.6 Å².